The number of aliphatic carboxylic acids is 1. The number of quaternary nitrogens is 1. The maximum atomic E-state index is 12.7. The van der Waals surface area contributed by atoms with E-state index in [-0.39, 0.29) is 42.7 Å². The molecule has 0 saturated heterocycles. The summed E-state index contributed by atoms with van der Waals surface area (Å²) in [4.78, 5) is 36.9. The van der Waals surface area contributed by atoms with E-state index >= 15 is 0 Å². The normalized spacial score (nSPS) is 13.5. The van der Waals surface area contributed by atoms with Crippen molar-refractivity contribution in [3.8, 4) is 0 Å². The second-order valence-electron chi connectivity index (χ2n) is 15.7. The van der Waals surface area contributed by atoms with Crippen LogP contribution in [0.15, 0.2) is 60.8 Å². The number of nitrogens with zero attached hydrogens (tertiary/aromatic N) is 1. The molecular weight excluding hydrogens is 691 g/mol. The van der Waals surface area contributed by atoms with Crippen molar-refractivity contribution in [1.29, 1.82) is 0 Å². The van der Waals surface area contributed by atoms with Crippen LogP contribution in [-0.4, -0.2) is 80.6 Å². The van der Waals surface area contributed by atoms with E-state index in [0.29, 0.717) is 19.3 Å². The summed E-state index contributed by atoms with van der Waals surface area (Å²) >= 11 is 0. The number of hydrogen-bond donors (Lipinski definition) is 1. The van der Waals surface area contributed by atoms with E-state index in [1.807, 2.05) is 75.8 Å². The lowest BCUT2D eigenvalue weighted by atomic mass is 10.0. The molecule has 0 fully saturated rings. The number of unbranched alkanes of at least 4 members (excludes halogenated alkanes) is 18. The molecule has 55 heavy (non-hydrogen) atoms. The number of carbonyl (C=O) groups is 3. The molecule has 0 aliphatic carbocycles. The molecule has 8 heteroatoms. The number of carboxylic acids is 1. The van der Waals surface area contributed by atoms with E-state index in [1.165, 1.54) is 96.3 Å². The summed E-state index contributed by atoms with van der Waals surface area (Å²) in [5.41, 5.74) is 0. The first-order valence-corrected chi connectivity index (χ1v) is 21.9. The summed E-state index contributed by atoms with van der Waals surface area (Å²) in [6.07, 6.45) is 45.6. The van der Waals surface area contributed by atoms with Crippen molar-refractivity contribution in [3.63, 3.8) is 0 Å². The van der Waals surface area contributed by atoms with Crippen molar-refractivity contribution in [2.24, 2.45) is 0 Å². The predicted octanol–water partition coefficient (Wildman–Crippen LogP) is 11.8. The highest BCUT2D eigenvalue weighted by molar-refractivity contribution is 5.72. The standard InChI is InChI=1S/C47H81NO7/c1-6-8-10-12-14-16-18-20-21-22-23-24-26-28-30-32-34-36-38-46(50)55-43(41-53-40-39-44(47(51)52)48(3,4)5)42-54-45(49)37-35-33-31-29-27-25-19-17-15-13-11-9-7-2/h9,11,13,15,17,19,25,27,29,31,43-44H,6-8,10,12,14,16,18,20-24,26,28,30,32-42H2,1-5H3/p+1/b11-9+,15-13+,19-17+,27-25+,31-29+. The summed E-state index contributed by atoms with van der Waals surface area (Å²) in [5, 5.41) is 9.61. The highest BCUT2D eigenvalue weighted by Gasteiger charge is 2.31. The first kappa shape index (κ1) is 52.0. The Morgan fingerprint density at radius 1 is 0.564 bits per heavy atom. The molecule has 1 N–H and O–H groups in total. The summed E-state index contributed by atoms with van der Waals surface area (Å²) in [5.74, 6) is -1.56. The maximum Gasteiger partial charge on any atom is 0.362 e. The molecule has 2 unspecified atom stereocenters. The maximum absolute atomic E-state index is 12.7. The number of ether oxygens (including phenoxy) is 3. The van der Waals surface area contributed by atoms with Gasteiger partial charge in [-0.25, -0.2) is 4.79 Å². The first-order valence-electron chi connectivity index (χ1n) is 21.9. The minimum Gasteiger partial charge on any atom is -0.477 e. The Labute approximate surface area is 337 Å². The molecule has 0 aromatic heterocycles. The van der Waals surface area contributed by atoms with Crippen molar-refractivity contribution >= 4 is 17.9 Å². The van der Waals surface area contributed by atoms with E-state index in [2.05, 4.69) is 19.9 Å². The number of rotatable bonds is 38. The molecule has 0 heterocycles. The summed E-state index contributed by atoms with van der Waals surface area (Å²) < 4.78 is 17.2. The number of carbonyl (C=O) groups excluding carboxylic acids is 2. The molecule has 0 rings (SSSR count). The van der Waals surface area contributed by atoms with Gasteiger partial charge in [-0.3, -0.25) is 9.59 Å². The minimum absolute atomic E-state index is 0.0381. The molecule has 2 atom stereocenters. The van der Waals surface area contributed by atoms with Gasteiger partial charge in [0.2, 0.25) is 0 Å². The number of likely N-dealkylation sites (N-methyl/N-ethyl adjacent to an activating group) is 1. The second kappa shape index (κ2) is 37.9. The van der Waals surface area contributed by atoms with Crippen molar-refractivity contribution in [3.05, 3.63) is 60.8 Å². The zero-order chi connectivity index (χ0) is 40.7. The van der Waals surface area contributed by atoms with Gasteiger partial charge in [0.15, 0.2) is 12.1 Å². The molecule has 0 aliphatic heterocycles. The van der Waals surface area contributed by atoms with Gasteiger partial charge in [-0.05, 0) is 25.7 Å². The largest absolute Gasteiger partial charge is 0.477 e. The van der Waals surface area contributed by atoms with Crippen LogP contribution in [-0.2, 0) is 28.6 Å². The van der Waals surface area contributed by atoms with Gasteiger partial charge in [0, 0.05) is 19.3 Å². The Bertz CT molecular complexity index is 1090. The molecule has 316 valence electrons. The van der Waals surface area contributed by atoms with Crippen molar-refractivity contribution < 1.29 is 38.2 Å². The van der Waals surface area contributed by atoms with Gasteiger partial charge in [-0.1, -0.05) is 184 Å². The fourth-order valence-electron chi connectivity index (χ4n) is 6.18. The third-order valence-corrected chi connectivity index (χ3v) is 9.56. The highest BCUT2D eigenvalue weighted by Crippen LogP contribution is 2.15. The van der Waals surface area contributed by atoms with E-state index in [1.54, 1.807) is 0 Å². The topological polar surface area (TPSA) is 99.1 Å². The average molecular weight is 773 g/mol. The number of esters is 2. The Kier molecular flexibility index (Phi) is 35.9. The zero-order valence-electron chi connectivity index (χ0n) is 35.9. The Hall–Kier alpha value is -2.97. The van der Waals surface area contributed by atoms with Crippen LogP contribution in [0, 0.1) is 0 Å². The molecule has 0 aromatic rings. The molecule has 0 amide bonds. The SMILES string of the molecule is CC/C=C/C=C/C=C/C=C/C=C/CCCC(=O)OCC(COCCC(C(=O)O)[N+](C)(C)C)OC(=O)CCCCCCCCCCCCCCCCCCCC. The highest BCUT2D eigenvalue weighted by atomic mass is 16.6. The lowest BCUT2D eigenvalue weighted by Crippen LogP contribution is -2.50. The van der Waals surface area contributed by atoms with Crippen LogP contribution in [0.2, 0.25) is 0 Å². The molecule has 0 radical (unpaired) electrons. The number of allylic oxidation sites excluding steroid dienone is 10. The fourth-order valence-corrected chi connectivity index (χ4v) is 6.18. The molecule has 0 saturated carbocycles. The van der Waals surface area contributed by atoms with Gasteiger partial charge in [-0.2, -0.15) is 0 Å². The quantitative estimate of drug-likeness (QED) is 0.0289. The van der Waals surface area contributed by atoms with Crippen molar-refractivity contribution in [2.45, 2.75) is 180 Å². The lowest BCUT2D eigenvalue weighted by Gasteiger charge is -2.31. The Morgan fingerprint density at radius 2 is 1.02 bits per heavy atom. The zero-order valence-corrected chi connectivity index (χ0v) is 35.9. The van der Waals surface area contributed by atoms with Gasteiger partial charge < -0.3 is 23.8 Å². The molecule has 0 aromatic carbocycles. The van der Waals surface area contributed by atoms with Crippen molar-refractivity contribution in [2.75, 3.05) is 41.0 Å². The number of hydrogen-bond acceptors (Lipinski definition) is 6. The van der Waals surface area contributed by atoms with E-state index in [9.17, 15) is 19.5 Å². The molecule has 0 aliphatic rings. The van der Waals surface area contributed by atoms with E-state index < -0.39 is 18.1 Å². The van der Waals surface area contributed by atoms with Crippen LogP contribution in [0.5, 0.6) is 0 Å². The molecular formula is C47H82NO7+. The second-order valence-corrected chi connectivity index (χ2v) is 15.7. The summed E-state index contributed by atoms with van der Waals surface area (Å²) in [6, 6.07) is -0.625. The Balaban J connectivity index is 4.40. The van der Waals surface area contributed by atoms with Crippen LogP contribution in [0.4, 0.5) is 0 Å². The lowest BCUT2D eigenvalue weighted by molar-refractivity contribution is -0.887. The average Bonchev–Trinajstić information content (AvgIpc) is 3.14. The third-order valence-electron chi connectivity index (χ3n) is 9.56. The number of carboxylic acid groups (broad SMARTS) is 1. The summed E-state index contributed by atoms with van der Waals surface area (Å²) in [7, 11) is 5.50. The molecule has 8 nitrogen and oxygen atoms in total. The molecule has 0 bridgehead atoms. The van der Waals surface area contributed by atoms with Crippen LogP contribution < -0.4 is 0 Å². The van der Waals surface area contributed by atoms with Crippen LogP contribution >= 0.6 is 0 Å². The van der Waals surface area contributed by atoms with Crippen molar-refractivity contribution in [1.82, 2.24) is 0 Å². The van der Waals surface area contributed by atoms with Gasteiger partial charge >= 0.3 is 17.9 Å². The molecule has 0 spiro atoms. The summed E-state index contributed by atoms with van der Waals surface area (Å²) in [6.45, 7) is 4.52. The van der Waals surface area contributed by atoms with E-state index in [0.717, 1.165) is 32.1 Å². The minimum atomic E-state index is -0.886. The van der Waals surface area contributed by atoms with Gasteiger partial charge in [0.1, 0.15) is 6.61 Å². The van der Waals surface area contributed by atoms with Crippen LogP contribution in [0.1, 0.15) is 168 Å². The smallest absolute Gasteiger partial charge is 0.362 e. The fraction of sp³-hybridized carbons (Fsp3) is 0.723. The third kappa shape index (κ3) is 36.4. The van der Waals surface area contributed by atoms with Gasteiger partial charge in [0.05, 0.1) is 34.4 Å². The van der Waals surface area contributed by atoms with Crippen LogP contribution in [0.3, 0.4) is 0 Å². The first-order chi connectivity index (χ1) is 26.6. The Morgan fingerprint density at radius 3 is 1.49 bits per heavy atom. The van der Waals surface area contributed by atoms with Gasteiger partial charge in [0.25, 0.3) is 0 Å². The van der Waals surface area contributed by atoms with Gasteiger partial charge in [-0.15, -0.1) is 0 Å². The van der Waals surface area contributed by atoms with Crippen LogP contribution in [0.25, 0.3) is 0 Å². The van der Waals surface area contributed by atoms with E-state index in [4.69, 9.17) is 14.2 Å². The monoisotopic (exact) mass is 773 g/mol. The predicted molar refractivity (Wildman–Crippen MR) is 229 cm³/mol.